The Labute approximate surface area is 123 Å². The second kappa shape index (κ2) is 5.07. The predicted molar refractivity (Wildman–Crippen MR) is 74.1 cm³/mol. The van der Waals surface area contributed by atoms with Gasteiger partial charge in [-0.1, -0.05) is 12.5 Å². The number of carbonyl (C=O) groups is 2. The Bertz CT molecular complexity index is 559. The molecule has 0 unspecified atom stereocenters. The summed E-state index contributed by atoms with van der Waals surface area (Å²) in [5, 5.41) is 20.0. The highest BCUT2D eigenvalue weighted by Gasteiger charge is 2.55. The fourth-order valence-corrected chi connectivity index (χ4v) is 4.13. The van der Waals surface area contributed by atoms with E-state index in [1.54, 1.807) is 0 Å². The van der Waals surface area contributed by atoms with Crippen LogP contribution in [0.2, 0.25) is 0 Å². The maximum absolute atomic E-state index is 12.2. The van der Waals surface area contributed by atoms with Crippen LogP contribution in [0.25, 0.3) is 0 Å². The van der Waals surface area contributed by atoms with Crippen LogP contribution in [0.3, 0.4) is 0 Å². The molecule has 114 valence electrons. The number of carbonyl (C=O) groups excluding carboxylic acids is 2. The molecule has 0 saturated carbocycles. The number of hydrogen-bond donors (Lipinski definition) is 2. The van der Waals surface area contributed by atoms with E-state index in [0.717, 1.165) is 5.57 Å². The molecule has 0 aromatic carbocycles. The standard InChI is InChI=1S/C16H20O5/c1-3-9-14-10(18)4-7(2)12-11(19)5-8(6-17)13(12)15(14)21-16(9)20/h5,9-10,13-15,17-18H,3-4,6H2,1-2H3/t9-,10-,13-,14+,15+/m0/s1. The van der Waals surface area contributed by atoms with Gasteiger partial charge in [0.1, 0.15) is 6.10 Å². The fourth-order valence-electron chi connectivity index (χ4n) is 4.13. The number of hydrogen-bond acceptors (Lipinski definition) is 5. The van der Waals surface area contributed by atoms with Crippen LogP contribution < -0.4 is 0 Å². The van der Waals surface area contributed by atoms with Crippen LogP contribution in [-0.2, 0) is 14.3 Å². The van der Waals surface area contributed by atoms with E-state index in [4.69, 9.17) is 4.74 Å². The summed E-state index contributed by atoms with van der Waals surface area (Å²) in [5.41, 5.74) is 2.01. The smallest absolute Gasteiger partial charge is 0.309 e. The Hall–Kier alpha value is -1.46. The molecule has 0 bridgehead atoms. The van der Waals surface area contributed by atoms with E-state index in [1.807, 2.05) is 13.8 Å². The molecular formula is C16H20O5. The number of ketones is 1. The van der Waals surface area contributed by atoms with Gasteiger partial charge in [0, 0.05) is 17.4 Å². The van der Waals surface area contributed by atoms with E-state index >= 15 is 0 Å². The minimum absolute atomic E-state index is 0.134. The Morgan fingerprint density at radius 3 is 2.71 bits per heavy atom. The normalized spacial score (nSPS) is 38.9. The zero-order valence-electron chi connectivity index (χ0n) is 12.2. The van der Waals surface area contributed by atoms with Gasteiger partial charge in [-0.15, -0.1) is 0 Å². The van der Waals surface area contributed by atoms with Gasteiger partial charge in [-0.2, -0.15) is 0 Å². The van der Waals surface area contributed by atoms with Gasteiger partial charge < -0.3 is 14.9 Å². The Morgan fingerprint density at radius 2 is 2.10 bits per heavy atom. The molecule has 1 saturated heterocycles. The van der Waals surface area contributed by atoms with Crippen LogP contribution in [0.1, 0.15) is 26.7 Å². The lowest BCUT2D eigenvalue weighted by Gasteiger charge is -2.27. The van der Waals surface area contributed by atoms with Crippen molar-refractivity contribution in [2.75, 3.05) is 6.61 Å². The number of rotatable bonds is 2. The van der Waals surface area contributed by atoms with Crippen molar-refractivity contribution in [3.05, 3.63) is 22.8 Å². The van der Waals surface area contributed by atoms with Gasteiger partial charge in [-0.25, -0.2) is 0 Å². The van der Waals surface area contributed by atoms with E-state index < -0.39 is 18.1 Å². The molecule has 0 radical (unpaired) electrons. The molecule has 2 N–H and O–H groups in total. The monoisotopic (exact) mass is 292 g/mol. The summed E-state index contributed by atoms with van der Waals surface area (Å²) in [7, 11) is 0. The summed E-state index contributed by atoms with van der Waals surface area (Å²) < 4.78 is 5.52. The SMILES string of the molecule is CC[C@@H]1C(=O)O[C@@H]2[C@H]3C(CO)=CC(=O)C3=C(C)C[C@H](O)[C@H]21. The topological polar surface area (TPSA) is 83.8 Å². The van der Waals surface area contributed by atoms with Crippen molar-refractivity contribution in [1.29, 1.82) is 0 Å². The van der Waals surface area contributed by atoms with Crippen molar-refractivity contribution in [1.82, 2.24) is 0 Å². The van der Waals surface area contributed by atoms with Gasteiger partial charge in [-0.3, -0.25) is 9.59 Å². The Morgan fingerprint density at radius 1 is 1.38 bits per heavy atom. The largest absolute Gasteiger partial charge is 0.461 e. The van der Waals surface area contributed by atoms with Crippen LogP contribution in [-0.4, -0.2) is 40.8 Å². The molecule has 1 aliphatic heterocycles. The third-order valence-corrected chi connectivity index (χ3v) is 5.06. The van der Waals surface area contributed by atoms with Crippen molar-refractivity contribution < 1.29 is 24.5 Å². The van der Waals surface area contributed by atoms with Gasteiger partial charge in [0.25, 0.3) is 0 Å². The van der Waals surface area contributed by atoms with E-state index in [2.05, 4.69) is 0 Å². The first-order valence-electron chi connectivity index (χ1n) is 7.43. The van der Waals surface area contributed by atoms with Crippen molar-refractivity contribution in [2.24, 2.45) is 17.8 Å². The van der Waals surface area contributed by atoms with Crippen LogP contribution in [0.4, 0.5) is 0 Å². The van der Waals surface area contributed by atoms with E-state index in [-0.39, 0.29) is 30.2 Å². The third kappa shape index (κ3) is 1.99. The van der Waals surface area contributed by atoms with Crippen molar-refractivity contribution in [3.63, 3.8) is 0 Å². The maximum atomic E-state index is 12.2. The lowest BCUT2D eigenvalue weighted by Crippen LogP contribution is -2.36. The first kappa shape index (κ1) is 14.5. The third-order valence-electron chi connectivity index (χ3n) is 5.06. The molecule has 3 aliphatic rings. The average molecular weight is 292 g/mol. The van der Waals surface area contributed by atoms with Crippen LogP contribution in [0, 0.1) is 17.8 Å². The molecule has 0 spiro atoms. The lowest BCUT2D eigenvalue weighted by molar-refractivity contribution is -0.145. The summed E-state index contributed by atoms with van der Waals surface area (Å²) in [6.45, 7) is 3.50. The number of ether oxygens (including phenoxy) is 1. The van der Waals surface area contributed by atoms with Gasteiger partial charge in [0.2, 0.25) is 0 Å². The molecular weight excluding hydrogens is 272 g/mol. The molecule has 1 fully saturated rings. The maximum Gasteiger partial charge on any atom is 0.309 e. The highest BCUT2D eigenvalue weighted by Crippen LogP contribution is 2.48. The van der Waals surface area contributed by atoms with Crippen molar-refractivity contribution >= 4 is 11.8 Å². The first-order valence-corrected chi connectivity index (χ1v) is 7.43. The van der Waals surface area contributed by atoms with E-state index in [9.17, 15) is 19.8 Å². The number of aliphatic hydroxyl groups is 2. The minimum atomic E-state index is -0.697. The van der Waals surface area contributed by atoms with E-state index in [0.29, 0.717) is 24.0 Å². The minimum Gasteiger partial charge on any atom is -0.461 e. The van der Waals surface area contributed by atoms with Gasteiger partial charge in [0.05, 0.1) is 18.6 Å². The first-order chi connectivity index (χ1) is 9.99. The quantitative estimate of drug-likeness (QED) is 0.734. The molecule has 5 nitrogen and oxygen atoms in total. The molecule has 5 atom stereocenters. The molecule has 0 aromatic rings. The van der Waals surface area contributed by atoms with Crippen LogP contribution in [0.15, 0.2) is 22.8 Å². The van der Waals surface area contributed by atoms with Crippen LogP contribution >= 0.6 is 0 Å². The summed E-state index contributed by atoms with van der Waals surface area (Å²) in [4.78, 5) is 24.3. The van der Waals surface area contributed by atoms with Gasteiger partial charge in [-0.05, 0) is 31.4 Å². The highest BCUT2D eigenvalue weighted by molar-refractivity contribution is 6.09. The zero-order valence-corrected chi connectivity index (χ0v) is 12.2. The molecule has 21 heavy (non-hydrogen) atoms. The van der Waals surface area contributed by atoms with Crippen molar-refractivity contribution in [2.45, 2.75) is 38.9 Å². The molecule has 5 heteroatoms. The van der Waals surface area contributed by atoms with Crippen molar-refractivity contribution in [3.8, 4) is 0 Å². The summed E-state index contributed by atoms with van der Waals surface area (Å²) in [5.74, 6) is -1.49. The van der Waals surface area contributed by atoms with Gasteiger partial charge in [0.15, 0.2) is 5.78 Å². The summed E-state index contributed by atoms with van der Waals surface area (Å²) >= 11 is 0. The second-order valence-electron chi connectivity index (χ2n) is 6.18. The highest BCUT2D eigenvalue weighted by atomic mass is 16.6. The number of allylic oxidation sites excluding steroid dienone is 1. The molecule has 3 rings (SSSR count). The number of fused-ring (bicyclic) bond motifs is 3. The lowest BCUT2D eigenvalue weighted by atomic mass is 9.78. The molecule has 2 aliphatic carbocycles. The number of aliphatic hydroxyl groups excluding tert-OH is 2. The average Bonchev–Trinajstić information content (AvgIpc) is 2.91. The second-order valence-corrected chi connectivity index (χ2v) is 6.18. The predicted octanol–water partition coefficient (Wildman–Crippen LogP) is 0.753. The van der Waals surface area contributed by atoms with Gasteiger partial charge >= 0.3 is 5.97 Å². The van der Waals surface area contributed by atoms with Crippen LogP contribution in [0.5, 0.6) is 0 Å². The Kier molecular flexibility index (Phi) is 3.50. The fraction of sp³-hybridized carbons (Fsp3) is 0.625. The Balaban J connectivity index is 2.09. The molecule has 0 amide bonds. The van der Waals surface area contributed by atoms with E-state index in [1.165, 1.54) is 6.08 Å². The summed E-state index contributed by atoms with van der Waals surface area (Å²) in [6, 6.07) is 0. The molecule has 1 heterocycles. The molecule has 0 aromatic heterocycles. The number of esters is 1. The summed E-state index contributed by atoms with van der Waals surface area (Å²) in [6.07, 6.45) is 1.18. The zero-order chi connectivity index (χ0) is 15.3.